The van der Waals surface area contributed by atoms with Crippen molar-refractivity contribution in [2.45, 2.75) is 18.2 Å². The van der Waals surface area contributed by atoms with Crippen molar-refractivity contribution in [3.8, 4) is 0 Å². The summed E-state index contributed by atoms with van der Waals surface area (Å²) in [5.74, 6) is -0.514. The molecule has 0 fully saturated rings. The minimum Gasteiger partial charge on any atom is -0.330 e. The third-order valence-corrected chi connectivity index (χ3v) is 4.22. The van der Waals surface area contributed by atoms with Crippen LogP contribution >= 0.6 is 0 Å². The quantitative estimate of drug-likeness (QED) is 0.709. The molecule has 19 heavy (non-hydrogen) atoms. The Kier molecular flexibility index (Phi) is 5.46. The summed E-state index contributed by atoms with van der Waals surface area (Å²) >= 11 is 0. The Morgan fingerprint density at radius 3 is 2.58 bits per heavy atom. The Morgan fingerprint density at radius 2 is 2.00 bits per heavy atom. The number of sulfonamides is 1. The van der Waals surface area contributed by atoms with Crippen molar-refractivity contribution in [1.82, 2.24) is 4.72 Å². The van der Waals surface area contributed by atoms with E-state index in [0.717, 1.165) is 0 Å². The molecule has 1 amide bonds. The third-order valence-electron chi connectivity index (χ3n) is 2.75. The Labute approximate surface area is 113 Å². The number of benzene rings is 1. The van der Waals surface area contributed by atoms with Gasteiger partial charge in [-0.15, -0.1) is 0 Å². The fourth-order valence-electron chi connectivity index (χ4n) is 1.55. The molecule has 1 rings (SSSR count). The van der Waals surface area contributed by atoms with Crippen LogP contribution < -0.4 is 15.8 Å². The van der Waals surface area contributed by atoms with E-state index in [1.807, 2.05) is 0 Å². The lowest BCUT2D eigenvalue weighted by molar-refractivity contribution is -0.119. The van der Waals surface area contributed by atoms with Crippen LogP contribution in [0, 0.1) is 5.92 Å². The van der Waals surface area contributed by atoms with Crippen LogP contribution in [0.4, 0.5) is 5.69 Å². The first kappa shape index (κ1) is 15.6. The predicted molar refractivity (Wildman–Crippen MR) is 74.2 cm³/mol. The van der Waals surface area contributed by atoms with Gasteiger partial charge in [0.1, 0.15) is 4.90 Å². The molecule has 0 bridgehead atoms. The first-order valence-corrected chi connectivity index (χ1v) is 7.44. The molecule has 106 valence electrons. The predicted octanol–water partition coefficient (Wildman–Crippen LogP) is 0.518. The van der Waals surface area contributed by atoms with E-state index in [2.05, 4.69) is 10.0 Å². The summed E-state index contributed by atoms with van der Waals surface area (Å²) in [5, 5.41) is 2.62. The van der Waals surface area contributed by atoms with E-state index in [-0.39, 0.29) is 22.4 Å². The Balaban J connectivity index is 3.00. The number of nitrogens with two attached hydrogens (primary N) is 1. The largest absolute Gasteiger partial charge is 0.330 e. The molecule has 7 heteroatoms. The number of carbonyl (C=O) groups excluding carboxylic acids is 1. The van der Waals surface area contributed by atoms with Gasteiger partial charge in [0, 0.05) is 5.92 Å². The summed E-state index contributed by atoms with van der Waals surface area (Å²) < 4.78 is 25.9. The molecule has 1 atom stereocenters. The Bertz CT molecular complexity index is 543. The van der Waals surface area contributed by atoms with Gasteiger partial charge in [-0.2, -0.15) is 0 Å². The van der Waals surface area contributed by atoms with Crippen LogP contribution in [0.2, 0.25) is 0 Å². The zero-order chi connectivity index (χ0) is 14.5. The van der Waals surface area contributed by atoms with E-state index >= 15 is 0 Å². The van der Waals surface area contributed by atoms with E-state index < -0.39 is 10.0 Å². The lowest BCUT2D eigenvalue weighted by atomic mass is 10.1. The molecule has 0 saturated carbocycles. The van der Waals surface area contributed by atoms with E-state index in [1.165, 1.54) is 13.1 Å². The van der Waals surface area contributed by atoms with E-state index in [4.69, 9.17) is 5.73 Å². The minimum atomic E-state index is -3.60. The smallest absolute Gasteiger partial charge is 0.242 e. The lowest BCUT2D eigenvalue weighted by Gasteiger charge is -2.14. The Morgan fingerprint density at radius 1 is 1.37 bits per heavy atom. The number of anilines is 1. The molecule has 0 aliphatic carbocycles. The number of hydrogen-bond acceptors (Lipinski definition) is 4. The molecular formula is C12H19N3O3S. The maximum Gasteiger partial charge on any atom is 0.242 e. The molecule has 1 unspecified atom stereocenters. The summed E-state index contributed by atoms with van der Waals surface area (Å²) in [6.07, 6.45) is 0.548. The minimum absolute atomic E-state index is 0.0470. The van der Waals surface area contributed by atoms with Crippen molar-refractivity contribution < 1.29 is 13.2 Å². The van der Waals surface area contributed by atoms with Crippen molar-refractivity contribution in [3.05, 3.63) is 24.3 Å². The van der Waals surface area contributed by atoms with E-state index in [0.29, 0.717) is 13.0 Å². The van der Waals surface area contributed by atoms with Gasteiger partial charge in [-0.3, -0.25) is 4.79 Å². The number of hydrogen-bond donors (Lipinski definition) is 3. The third kappa shape index (κ3) is 4.02. The summed E-state index contributed by atoms with van der Waals surface area (Å²) in [6, 6.07) is 6.26. The highest BCUT2D eigenvalue weighted by atomic mass is 32.2. The maximum absolute atomic E-state index is 11.9. The van der Waals surface area contributed by atoms with Gasteiger partial charge in [-0.1, -0.05) is 19.1 Å². The fourth-order valence-corrected chi connectivity index (χ4v) is 2.44. The van der Waals surface area contributed by atoms with Crippen molar-refractivity contribution in [1.29, 1.82) is 0 Å². The highest BCUT2D eigenvalue weighted by molar-refractivity contribution is 7.89. The summed E-state index contributed by atoms with van der Waals surface area (Å²) in [7, 11) is -2.28. The number of para-hydroxylation sites is 1. The molecule has 1 aromatic rings. The fraction of sp³-hybridized carbons (Fsp3) is 0.417. The van der Waals surface area contributed by atoms with Gasteiger partial charge in [0.25, 0.3) is 0 Å². The SMILES string of the molecule is CNS(=O)(=O)c1ccccc1NC(=O)C(C)CCN. The van der Waals surface area contributed by atoms with Gasteiger partial charge in [0.05, 0.1) is 5.69 Å². The Hall–Kier alpha value is -1.44. The molecule has 1 aromatic carbocycles. The van der Waals surface area contributed by atoms with Crippen LogP contribution in [0.25, 0.3) is 0 Å². The first-order valence-electron chi connectivity index (χ1n) is 5.96. The van der Waals surface area contributed by atoms with Gasteiger partial charge >= 0.3 is 0 Å². The van der Waals surface area contributed by atoms with Crippen molar-refractivity contribution in [3.63, 3.8) is 0 Å². The highest BCUT2D eigenvalue weighted by Crippen LogP contribution is 2.21. The topological polar surface area (TPSA) is 101 Å². The molecule has 0 heterocycles. The standard InChI is InChI=1S/C12H19N3O3S/c1-9(7-8-13)12(16)15-10-5-3-4-6-11(10)19(17,18)14-2/h3-6,9,14H,7-8,13H2,1-2H3,(H,15,16). The van der Waals surface area contributed by atoms with Gasteiger partial charge in [0.15, 0.2) is 0 Å². The molecule has 0 aliphatic rings. The second-order valence-corrected chi connectivity index (χ2v) is 6.03. The van der Waals surface area contributed by atoms with Gasteiger partial charge in [-0.25, -0.2) is 13.1 Å². The highest BCUT2D eigenvalue weighted by Gasteiger charge is 2.19. The average molecular weight is 285 g/mol. The van der Waals surface area contributed by atoms with Crippen LogP contribution in [-0.2, 0) is 14.8 Å². The van der Waals surface area contributed by atoms with Crippen LogP contribution in [0.5, 0.6) is 0 Å². The molecule has 0 saturated heterocycles. The van der Waals surface area contributed by atoms with Crippen LogP contribution in [0.1, 0.15) is 13.3 Å². The number of carbonyl (C=O) groups is 1. The van der Waals surface area contributed by atoms with Crippen LogP contribution in [0.15, 0.2) is 29.2 Å². The van der Waals surface area contributed by atoms with Crippen LogP contribution in [0.3, 0.4) is 0 Å². The number of amides is 1. The van der Waals surface area contributed by atoms with Crippen LogP contribution in [-0.4, -0.2) is 27.9 Å². The summed E-state index contributed by atoms with van der Waals surface area (Å²) in [4.78, 5) is 11.9. The van der Waals surface area contributed by atoms with E-state index in [9.17, 15) is 13.2 Å². The first-order chi connectivity index (χ1) is 8.92. The van der Waals surface area contributed by atoms with Crippen molar-refractivity contribution in [2.75, 3.05) is 18.9 Å². The van der Waals surface area contributed by atoms with E-state index in [1.54, 1.807) is 25.1 Å². The van der Waals surface area contributed by atoms with Crippen molar-refractivity contribution >= 4 is 21.6 Å². The normalized spacial score (nSPS) is 13.0. The van der Waals surface area contributed by atoms with Gasteiger partial charge < -0.3 is 11.1 Å². The van der Waals surface area contributed by atoms with Crippen molar-refractivity contribution in [2.24, 2.45) is 11.7 Å². The maximum atomic E-state index is 11.9. The molecule has 0 radical (unpaired) electrons. The average Bonchev–Trinajstić information content (AvgIpc) is 2.39. The lowest BCUT2D eigenvalue weighted by Crippen LogP contribution is -2.25. The zero-order valence-corrected chi connectivity index (χ0v) is 11.8. The molecule has 0 spiro atoms. The second kappa shape index (κ2) is 6.65. The summed E-state index contributed by atoms with van der Waals surface area (Å²) in [5.41, 5.74) is 5.66. The molecule has 6 nitrogen and oxygen atoms in total. The van der Waals surface area contributed by atoms with Gasteiger partial charge in [0.2, 0.25) is 15.9 Å². The summed E-state index contributed by atoms with van der Waals surface area (Å²) in [6.45, 7) is 2.16. The molecular weight excluding hydrogens is 266 g/mol. The van der Waals surface area contributed by atoms with Gasteiger partial charge in [-0.05, 0) is 32.1 Å². The molecule has 4 N–H and O–H groups in total. The monoisotopic (exact) mass is 285 g/mol. The number of rotatable bonds is 6. The molecule has 0 aromatic heterocycles. The number of nitrogens with one attached hydrogen (secondary N) is 2. The second-order valence-electron chi connectivity index (χ2n) is 4.17. The zero-order valence-electron chi connectivity index (χ0n) is 11.0. The molecule has 0 aliphatic heterocycles.